The largest absolute Gasteiger partial charge is 0.368 e. The normalized spacial score (nSPS) is 14.2. The van der Waals surface area contributed by atoms with E-state index in [1.807, 2.05) is 0 Å². The van der Waals surface area contributed by atoms with Crippen molar-refractivity contribution in [3.8, 4) is 0 Å². The molecule has 0 aromatic heterocycles. The smallest absolute Gasteiger partial charge is 0.269 e. The summed E-state index contributed by atoms with van der Waals surface area (Å²) in [7, 11) is 0. The minimum Gasteiger partial charge on any atom is -0.368 e. The third-order valence-corrected chi connectivity index (χ3v) is 4.95. The van der Waals surface area contributed by atoms with Gasteiger partial charge in [0.05, 0.1) is 4.92 Å². The van der Waals surface area contributed by atoms with Crippen molar-refractivity contribution in [1.29, 1.82) is 0 Å². The molecule has 136 valence electrons. The number of hydrogen-bond donors (Lipinski definition) is 1. The Hall–Kier alpha value is -2.67. The quantitative estimate of drug-likeness (QED) is 0.505. The van der Waals surface area contributed by atoms with Crippen molar-refractivity contribution < 1.29 is 4.92 Å². The van der Waals surface area contributed by atoms with E-state index in [1.165, 1.54) is 28.9 Å². The van der Waals surface area contributed by atoms with Gasteiger partial charge >= 0.3 is 0 Å². The Labute approximate surface area is 158 Å². The first-order valence-corrected chi connectivity index (χ1v) is 8.97. The lowest BCUT2D eigenvalue weighted by Gasteiger charge is -2.38. The van der Waals surface area contributed by atoms with Crippen LogP contribution in [-0.2, 0) is 0 Å². The number of rotatable bonds is 3. The van der Waals surface area contributed by atoms with Crippen molar-refractivity contribution in [2.75, 3.05) is 36.4 Å². The zero-order valence-corrected chi connectivity index (χ0v) is 15.8. The molecular weight excluding hydrogens is 348 g/mol. The number of thiocarbonyl (C=S) groups is 1. The molecule has 0 saturated carbocycles. The van der Waals surface area contributed by atoms with E-state index in [9.17, 15) is 10.1 Å². The number of hydrogen-bond acceptors (Lipinski definition) is 4. The number of nitro benzene ring substituents is 1. The number of aryl methyl sites for hydroxylation is 2. The van der Waals surface area contributed by atoms with Crippen LogP contribution in [0.4, 0.5) is 17.1 Å². The third-order valence-electron chi connectivity index (χ3n) is 4.59. The number of nitrogens with zero attached hydrogens (tertiary/aromatic N) is 3. The van der Waals surface area contributed by atoms with Crippen LogP contribution in [0, 0.1) is 24.0 Å². The highest BCUT2D eigenvalue weighted by atomic mass is 32.1. The number of nitrogens with one attached hydrogen (secondary N) is 1. The Morgan fingerprint density at radius 1 is 1.08 bits per heavy atom. The fraction of sp³-hybridized carbons (Fsp3) is 0.316. The standard InChI is InChI=1S/C19H22N4O2S/c1-14-3-8-18(15(2)13-14)21-9-11-22(12-10-21)19(26)20-16-4-6-17(7-5-16)23(24)25/h3-8,13H,9-12H2,1-2H3,(H,20,26). The van der Waals surface area contributed by atoms with Gasteiger partial charge < -0.3 is 15.1 Å². The maximum Gasteiger partial charge on any atom is 0.269 e. The second kappa shape index (κ2) is 7.70. The van der Waals surface area contributed by atoms with Crippen LogP contribution in [0.3, 0.4) is 0 Å². The summed E-state index contributed by atoms with van der Waals surface area (Å²) in [5.41, 5.74) is 4.69. The Balaban J connectivity index is 1.57. The Kier molecular flexibility index (Phi) is 5.37. The molecule has 0 spiro atoms. The van der Waals surface area contributed by atoms with Gasteiger partial charge in [-0.15, -0.1) is 0 Å². The minimum absolute atomic E-state index is 0.0727. The molecule has 6 nitrogen and oxygen atoms in total. The van der Waals surface area contributed by atoms with Gasteiger partial charge in [-0.2, -0.15) is 0 Å². The summed E-state index contributed by atoms with van der Waals surface area (Å²) in [6.07, 6.45) is 0. The van der Waals surface area contributed by atoms with Gasteiger partial charge in [-0.25, -0.2) is 0 Å². The second-order valence-electron chi connectivity index (χ2n) is 6.50. The molecule has 1 heterocycles. The lowest BCUT2D eigenvalue weighted by Crippen LogP contribution is -2.50. The number of benzene rings is 2. The van der Waals surface area contributed by atoms with Gasteiger partial charge in [-0.3, -0.25) is 10.1 Å². The molecule has 2 aromatic carbocycles. The van der Waals surface area contributed by atoms with E-state index in [4.69, 9.17) is 12.2 Å². The summed E-state index contributed by atoms with van der Waals surface area (Å²) in [4.78, 5) is 14.8. The van der Waals surface area contributed by atoms with Crippen molar-refractivity contribution in [2.45, 2.75) is 13.8 Å². The predicted molar refractivity (Wildman–Crippen MR) is 109 cm³/mol. The summed E-state index contributed by atoms with van der Waals surface area (Å²) in [6, 6.07) is 12.9. The molecule has 7 heteroatoms. The Bertz CT molecular complexity index is 815. The number of non-ortho nitro benzene ring substituents is 1. The SMILES string of the molecule is Cc1ccc(N2CCN(C(=S)Nc3ccc([N+](=O)[O-])cc3)CC2)c(C)c1. The van der Waals surface area contributed by atoms with Gasteiger partial charge in [0.25, 0.3) is 5.69 Å². The minimum atomic E-state index is -0.408. The zero-order valence-electron chi connectivity index (χ0n) is 14.9. The first-order valence-electron chi connectivity index (χ1n) is 8.56. The van der Waals surface area contributed by atoms with E-state index in [0.29, 0.717) is 5.11 Å². The average Bonchev–Trinajstić information content (AvgIpc) is 2.62. The lowest BCUT2D eigenvalue weighted by molar-refractivity contribution is -0.384. The number of anilines is 2. The van der Waals surface area contributed by atoms with Crippen molar-refractivity contribution in [1.82, 2.24) is 4.90 Å². The molecule has 1 fully saturated rings. The molecule has 0 aliphatic carbocycles. The Morgan fingerprint density at radius 3 is 2.31 bits per heavy atom. The summed E-state index contributed by atoms with van der Waals surface area (Å²) in [6.45, 7) is 7.75. The van der Waals surface area contributed by atoms with Crippen LogP contribution in [0.15, 0.2) is 42.5 Å². The van der Waals surface area contributed by atoms with E-state index in [1.54, 1.807) is 12.1 Å². The first kappa shape index (κ1) is 18.1. The fourth-order valence-corrected chi connectivity index (χ4v) is 3.48. The lowest BCUT2D eigenvalue weighted by atomic mass is 10.1. The van der Waals surface area contributed by atoms with Crippen molar-refractivity contribution in [3.63, 3.8) is 0 Å². The molecule has 1 aliphatic heterocycles. The van der Waals surface area contributed by atoms with Gasteiger partial charge in [-0.1, -0.05) is 17.7 Å². The molecule has 1 aliphatic rings. The highest BCUT2D eigenvalue weighted by Crippen LogP contribution is 2.23. The van der Waals surface area contributed by atoms with E-state index in [0.717, 1.165) is 31.9 Å². The molecule has 26 heavy (non-hydrogen) atoms. The molecule has 3 rings (SSSR count). The van der Waals surface area contributed by atoms with Crippen LogP contribution in [-0.4, -0.2) is 41.1 Å². The van der Waals surface area contributed by atoms with Crippen molar-refractivity contribution >= 4 is 34.4 Å². The molecule has 0 bridgehead atoms. The maximum absolute atomic E-state index is 10.7. The monoisotopic (exact) mass is 370 g/mol. The molecule has 2 aromatic rings. The molecular formula is C19H22N4O2S. The van der Waals surface area contributed by atoms with Crippen molar-refractivity contribution in [2.24, 2.45) is 0 Å². The summed E-state index contributed by atoms with van der Waals surface area (Å²) in [5.74, 6) is 0. The fourth-order valence-electron chi connectivity index (χ4n) is 3.18. The second-order valence-corrected chi connectivity index (χ2v) is 6.88. The highest BCUT2D eigenvalue weighted by molar-refractivity contribution is 7.80. The van der Waals surface area contributed by atoms with E-state index >= 15 is 0 Å². The van der Waals surface area contributed by atoms with Crippen LogP contribution < -0.4 is 10.2 Å². The predicted octanol–water partition coefficient (Wildman–Crippen LogP) is 3.73. The van der Waals surface area contributed by atoms with E-state index in [-0.39, 0.29) is 5.69 Å². The van der Waals surface area contributed by atoms with Gasteiger partial charge in [0.15, 0.2) is 5.11 Å². The molecule has 0 atom stereocenters. The van der Waals surface area contributed by atoms with Gasteiger partial charge in [0, 0.05) is 49.7 Å². The van der Waals surface area contributed by atoms with E-state index < -0.39 is 4.92 Å². The molecule has 0 unspecified atom stereocenters. The van der Waals surface area contributed by atoms with E-state index in [2.05, 4.69) is 47.2 Å². The van der Waals surface area contributed by atoms with Gasteiger partial charge in [0.1, 0.15) is 0 Å². The number of nitro groups is 1. The summed E-state index contributed by atoms with van der Waals surface area (Å²) in [5, 5.41) is 14.5. The average molecular weight is 370 g/mol. The van der Waals surface area contributed by atoms with Crippen LogP contribution in [0.1, 0.15) is 11.1 Å². The summed E-state index contributed by atoms with van der Waals surface area (Å²) >= 11 is 5.50. The highest BCUT2D eigenvalue weighted by Gasteiger charge is 2.20. The maximum atomic E-state index is 10.7. The Morgan fingerprint density at radius 2 is 1.73 bits per heavy atom. The summed E-state index contributed by atoms with van der Waals surface area (Å²) < 4.78 is 0. The molecule has 0 amide bonds. The van der Waals surface area contributed by atoms with Crippen LogP contribution in [0.5, 0.6) is 0 Å². The van der Waals surface area contributed by atoms with Crippen LogP contribution >= 0.6 is 12.2 Å². The van der Waals surface area contributed by atoms with Crippen LogP contribution in [0.2, 0.25) is 0 Å². The molecule has 0 radical (unpaired) electrons. The molecule has 1 N–H and O–H groups in total. The number of piperazine rings is 1. The first-order chi connectivity index (χ1) is 12.4. The van der Waals surface area contributed by atoms with Crippen LogP contribution in [0.25, 0.3) is 0 Å². The third kappa shape index (κ3) is 4.11. The van der Waals surface area contributed by atoms with Gasteiger partial charge in [0.2, 0.25) is 0 Å². The zero-order chi connectivity index (χ0) is 18.7. The topological polar surface area (TPSA) is 61.6 Å². The molecule has 1 saturated heterocycles. The van der Waals surface area contributed by atoms with Gasteiger partial charge in [-0.05, 0) is 49.8 Å². The van der Waals surface area contributed by atoms with Crippen molar-refractivity contribution in [3.05, 3.63) is 63.7 Å².